The summed E-state index contributed by atoms with van der Waals surface area (Å²) in [5.41, 5.74) is 4.13. The van der Waals surface area contributed by atoms with Gasteiger partial charge in [0, 0.05) is 55.5 Å². The molecule has 2 aliphatic carbocycles. The van der Waals surface area contributed by atoms with Crippen molar-refractivity contribution in [2.45, 2.75) is 96.2 Å². The van der Waals surface area contributed by atoms with Crippen LogP contribution < -0.4 is 11.4 Å². The second-order valence-electron chi connectivity index (χ2n) is 19.7. The second kappa shape index (κ2) is 14.6. The molecule has 4 atom stereocenters. The summed E-state index contributed by atoms with van der Waals surface area (Å²) in [6.45, 7) is 10.5. The number of hydrogen-bond acceptors (Lipinski definition) is 8. The molecular formula is C50H50F2N10O5. The number of benzene rings is 3. The second-order valence-corrected chi connectivity index (χ2v) is 19.7. The first-order valence-corrected chi connectivity index (χ1v) is 23.1. The lowest BCUT2D eigenvalue weighted by Crippen LogP contribution is -2.41. The zero-order chi connectivity index (χ0) is 46.4. The Morgan fingerprint density at radius 3 is 2.40 bits per heavy atom. The molecule has 67 heavy (non-hydrogen) atoms. The Morgan fingerprint density at radius 1 is 0.925 bits per heavy atom. The standard InChI is InChI=1S/C50H50F2N10O5/c1-26-20-32(21-27(2)42(26)51)62-44(60-18-17-59(48(60)65)39-13-12-38-33(43(39)52)25-53-57(38)6)41-28(3)58(16-14-36(41)55-62)45(63)40-23-31-22-29(30-15-19-66-49(4,5)24-30)10-11-37(31)61(40)50(34-8-7-9-35(34)50)46-54-47(64)67-56-46/h10-13,17-18,20-23,25,28,30,34-35H,7-9,14-16,19,24H2,1-6H3,(H,54,56,64)/t28-,30-,34?,35?,50?/m0/s1. The van der Waals surface area contributed by atoms with Gasteiger partial charge in [-0.2, -0.15) is 10.2 Å². The van der Waals surface area contributed by atoms with Crippen LogP contribution in [0.1, 0.15) is 109 Å². The van der Waals surface area contributed by atoms with E-state index in [1.807, 2.05) is 17.9 Å². The lowest BCUT2D eigenvalue weighted by Gasteiger charge is -2.35. The fourth-order valence-corrected chi connectivity index (χ4v) is 12.3. The molecule has 3 aromatic carbocycles. The number of ether oxygens (including phenoxy) is 1. The number of fused-ring (bicyclic) bond motifs is 4. The Kier molecular flexibility index (Phi) is 9.03. The molecule has 15 nitrogen and oxygen atoms in total. The molecule has 0 radical (unpaired) electrons. The molecule has 1 amide bonds. The summed E-state index contributed by atoms with van der Waals surface area (Å²) >= 11 is 0. The quantitative estimate of drug-likeness (QED) is 0.170. The SMILES string of the molecule is Cc1cc(-n2nc3c(c2-n2ccn(-c4ccc5c(cnn5C)c4F)c2=O)[C@H](C)N(C(=O)c2cc4cc([C@H]5CCOC(C)(C)C5)ccc4n2C2(c4noc(=O)[nH]4)C4CCCC42)CC3)cc(C)c1F. The van der Waals surface area contributed by atoms with Crippen LogP contribution in [-0.2, 0) is 23.7 Å². The van der Waals surface area contributed by atoms with Crippen molar-refractivity contribution in [2.75, 3.05) is 13.2 Å². The first-order valence-electron chi connectivity index (χ1n) is 23.1. The first-order chi connectivity index (χ1) is 32.2. The number of carbonyl (C=O) groups excluding carboxylic acids is 1. The summed E-state index contributed by atoms with van der Waals surface area (Å²) in [5.74, 6) is -0.519. The number of halogens is 2. The van der Waals surface area contributed by atoms with Gasteiger partial charge >= 0.3 is 11.4 Å². The normalized spacial score (nSPS) is 23.3. The summed E-state index contributed by atoms with van der Waals surface area (Å²) in [6.07, 6.45) is 9.46. The van der Waals surface area contributed by atoms with E-state index >= 15 is 13.6 Å². The van der Waals surface area contributed by atoms with E-state index in [2.05, 4.69) is 51.9 Å². The molecule has 7 heterocycles. The highest BCUT2D eigenvalue weighted by molar-refractivity contribution is 6.00. The number of amides is 1. The maximum atomic E-state index is 16.2. The largest absolute Gasteiger partial charge is 0.438 e. The average molecular weight is 909 g/mol. The van der Waals surface area contributed by atoms with Crippen LogP contribution in [0, 0.1) is 37.3 Å². The fourth-order valence-electron chi connectivity index (χ4n) is 12.3. The zero-order valence-corrected chi connectivity index (χ0v) is 38.1. The van der Waals surface area contributed by atoms with Crippen LogP contribution >= 0.6 is 0 Å². The van der Waals surface area contributed by atoms with Crippen molar-refractivity contribution in [3.63, 3.8) is 0 Å². The van der Waals surface area contributed by atoms with Crippen molar-refractivity contribution < 1.29 is 22.8 Å². The first kappa shape index (κ1) is 41.5. The van der Waals surface area contributed by atoms with E-state index in [0.29, 0.717) is 70.5 Å². The highest BCUT2D eigenvalue weighted by atomic mass is 19.1. The van der Waals surface area contributed by atoms with Crippen LogP contribution in [0.15, 0.2) is 81.2 Å². The van der Waals surface area contributed by atoms with Crippen LogP contribution in [0.5, 0.6) is 0 Å². The Balaban J connectivity index is 1.01. The predicted octanol–water partition coefficient (Wildman–Crippen LogP) is 7.83. The molecule has 8 aromatic rings. The number of H-pyrrole nitrogens is 1. The highest BCUT2D eigenvalue weighted by Gasteiger charge is 2.71. The van der Waals surface area contributed by atoms with Gasteiger partial charge in [0.1, 0.15) is 22.9 Å². The number of carbonyl (C=O) groups is 1. The molecule has 1 saturated heterocycles. The molecule has 3 fully saturated rings. The fraction of sp³-hybridized carbons (Fsp3) is 0.400. The van der Waals surface area contributed by atoms with Gasteiger partial charge in [-0.1, -0.05) is 17.6 Å². The minimum Gasteiger partial charge on any atom is -0.376 e. The van der Waals surface area contributed by atoms with E-state index in [1.165, 1.54) is 27.1 Å². The van der Waals surface area contributed by atoms with Gasteiger partial charge in [-0.05, 0) is 137 Å². The third-order valence-electron chi connectivity index (χ3n) is 15.4. The molecular weight excluding hydrogens is 859 g/mol. The molecule has 4 aliphatic rings. The number of rotatable bonds is 7. The van der Waals surface area contributed by atoms with Gasteiger partial charge in [-0.3, -0.25) is 28.1 Å². The zero-order valence-electron chi connectivity index (χ0n) is 38.1. The maximum absolute atomic E-state index is 16.2. The third kappa shape index (κ3) is 6.01. The molecule has 2 saturated carbocycles. The van der Waals surface area contributed by atoms with Gasteiger partial charge < -0.3 is 14.2 Å². The minimum absolute atomic E-state index is 0.0475. The van der Waals surface area contributed by atoms with Gasteiger partial charge in [-0.15, -0.1) is 0 Å². The molecule has 344 valence electrons. The maximum Gasteiger partial charge on any atom is 0.438 e. The van der Waals surface area contributed by atoms with Crippen LogP contribution in [-0.4, -0.2) is 73.0 Å². The molecule has 2 unspecified atom stereocenters. The van der Waals surface area contributed by atoms with Crippen LogP contribution in [0.25, 0.3) is 39.0 Å². The summed E-state index contributed by atoms with van der Waals surface area (Å²) in [6, 6.07) is 14.5. The predicted molar refractivity (Wildman–Crippen MR) is 244 cm³/mol. The Labute approximate surface area is 382 Å². The minimum atomic E-state index is -0.803. The molecule has 5 aromatic heterocycles. The lowest BCUT2D eigenvalue weighted by atomic mass is 9.83. The highest BCUT2D eigenvalue weighted by Crippen LogP contribution is 2.68. The van der Waals surface area contributed by atoms with Gasteiger partial charge in [0.15, 0.2) is 11.6 Å². The molecule has 1 N–H and O–H groups in total. The van der Waals surface area contributed by atoms with Crippen molar-refractivity contribution >= 4 is 27.7 Å². The van der Waals surface area contributed by atoms with E-state index < -0.39 is 28.8 Å². The monoisotopic (exact) mass is 908 g/mol. The van der Waals surface area contributed by atoms with E-state index in [0.717, 1.165) is 43.0 Å². The smallest absolute Gasteiger partial charge is 0.376 e. The van der Waals surface area contributed by atoms with Crippen LogP contribution in [0.3, 0.4) is 0 Å². The number of aromatic nitrogens is 9. The number of hydrogen-bond donors (Lipinski definition) is 1. The molecule has 0 bridgehead atoms. The summed E-state index contributed by atoms with van der Waals surface area (Å²) < 4.78 is 50.6. The third-order valence-corrected chi connectivity index (χ3v) is 15.4. The van der Waals surface area contributed by atoms with Crippen LogP contribution in [0.2, 0.25) is 0 Å². The molecule has 0 spiro atoms. The summed E-state index contributed by atoms with van der Waals surface area (Å²) in [4.78, 5) is 47.9. The van der Waals surface area contributed by atoms with Crippen LogP contribution in [0.4, 0.5) is 8.78 Å². The van der Waals surface area contributed by atoms with E-state index in [9.17, 15) is 9.59 Å². The lowest BCUT2D eigenvalue weighted by molar-refractivity contribution is -0.0592. The Morgan fingerprint density at radius 2 is 1.67 bits per heavy atom. The van der Waals surface area contributed by atoms with Gasteiger partial charge in [0.05, 0.1) is 45.8 Å². The van der Waals surface area contributed by atoms with E-state index in [4.69, 9.17) is 14.4 Å². The van der Waals surface area contributed by atoms with E-state index in [1.54, 1.807) is 60.7 Å². The van der Waals surface area contributed by atoms with Gasteiger partial charge in [0.25, 0.3) is 5.91 Å². The number of aryl methyl sites for hydroxylation is 3. The average Bonchev–Trinajstić information content (AvgIpc) is 4.09. The van der Waals surface area contributed by atoms with Crippen molar-refractivity contribution in [1.82, 2.24) is 48.3 Å². The van der Waals surface area contributed by atoms with Crippen molar-refractivity contribution in [2.24, 2.45) is 18.9 Å². The van der Waals surface area contributed by atoms with Gasteiger partial charge in [0.2, 0.25) is 0 Å². The molecule has 12 rings (SSSR count). The Hall–Kier alpha value is -6.88. The van der Waals surface area contributed by atoms with Crippen molar-refractivity contribution in [1.29, 1.82) is 0 Å². The molecule has 2 aliphatic heterocycles. The number of nitrogens with one attached hydrogen (secondary N) is 1. The van der Waals surface area contributed by atoms with Gasteiger partial charge in [-0.25, -0.2) is 23.1 Å². The number of nitrogens with zero attached hydrogens (tertiary/aromatic N) is 9. The van der Waals surface area contributed by atoms with E-state index in [-0.39, 0.29) is 46.2 Å². The van der Waals surface area contributed by atoms with Crippen molar-refractivity contribution in [3.05, 3.63) is 139 Å². The summed E-state index contributed by atoms with van der Waals surface area (Å²) in [5, 5.41) is 14.8. The topological polar surface area (TPSA) is 156 Å². The molecule has 17 heteroatoms. The Bertz CT molecular complexity index is 3460. The number of aromatic amines is 1. The van der Waals surface area contributed by atoms with Crippen molar-refractivity contribution in [3.8, 4) is 17.2 Å². The summed E-state index contributed by atoms with van der Waals surface area (Å²) in [7, 11) is 1.72. The number of imidazole rings is 1.